The Morgan fingerprint density at radius 2 is 2.19 bits per heavy atom. The number of ether oxygens (including phenoxy) is 1. The molecule has 1 aliphatic carbocycles. The molecule has 1 amide bonds. The van der Waals surface area contributed by atoms with E-state index in [0.717, 1.165) is 30.5 Å². The van der Waals surface area contributed by atoms with E-state index in [1.807, 2.05) is 13.8 Å². The molecule has 2 aromatic rings. The molecule has 1 atom stereocenters. The van der Waals surface area contributed by atoms with Crippen molar-refractivity contribution in [2.24, 2.45) is 5.92 Å². The molecule has 6 nitrogen and oxygen atoms in total. The van der Waals surface area contributed by atoms with Gasteiger partial charge in [0.25, 0.3) is 5.91 Å². The van der Waals surface area contributed by atoms with E-state index in [4.69, 9.17) is 4.74 Å². The van der Waals surface area contributed by atoms with Crippen LogP contribution in [0.1, 0.15) is 64.2 Å². The number of fused-ring (bicyclic) bond motifs is 1. The van der Waals surface area contributed by atoms with Gasteiger partial charge in [-0.1, -0.05) is 6.92 Å². The average Bonchev–Trinajstić information content (AvgIpc) is 3.14. The first-order chi connectivity index (χ1) is 12.4. The fraction of sp³-hybridized carbons (Fsp3) is 0.526. The van der Waals surface area contributed by atoms with E-state index in [1.54, 1.807) is 17.7 Å². The zero-order valence-electron chi connectivity index (χ0n) is 15.7. The van der Waals surface area contributed by atoms with Gasteiger partial charge >= 0.3 is 5.97 Å². The molecule has 0 saturated carbocycles. The van der Waals surface area contributed by atoms with Crippen molar-refractivity contribution in [2.45, 2.75) is 53.5 Å². The van der Waals surface area contributed by atoms with Crippen molar-refractivity contribution in [1.29, 1.82) is 0 Å². The number of hydrogen-bond acceptors (Lipinski definition) is 5. The van der Waals surface area contributed by atoms with Gasteiger partial charge in [-0.25, -0.2) is 4.79 Å². The molecule has 0 spiro atoms. The standard InChI is InChI=1S/C19H25N3O3S/c1-5-22-12(4)10-14(21-22)17(23)20-18-16(19(24)25-6-2)13-8-7-11(3)9-15(13)26-18/h10-11H,5-9H2,1-4H3,(H,20,23). The molecule has 0 aromatic carbocycles. The number of amides is 1. The van der Waals surface area contributed by atoms with Crippen LogP contribution in [0, 0.1) is 12.8 Å². The number of nitrogens with zero attached hydrogens (tertiary/aromatic N) is 2. The summed E-state index contributed by atoms with van der Waals surface area (Å²) >= 11 is 1.49. The number of thiophene rings is 1. The lowest BCUT2D eigenvalue weighted by Crippen LogP contribution is -2.17. The second-order valence-electron chi connectivity index (χ2n) is 6.72. The number of hydrogen-bond donors (Lipinski definition) is 1. The lowest BCUT2D eigenvalue weighted by Gasteiger charge is -2.18. The van der Waals surface area contributed by atoms with Crippen molar-refractivity contribution in [3.63, 3.8) is 0 Å². The van der Waals surface area contributed by atoms with E-state index in [9.17, 15) is 9.59 Å². The second-order valence-corrected chi connectivity index (χ2v) is 7.82. The van der Waals surface area contributed by atoms with Crippen LogP contribution in [0.5, 0.6) is 0 Å². The SMILES string of the molecule is CCOC(=O)c1c(NC(=O)c2cc(C)n(CC)n2)sc2c1CCC(C)C2. The van der Waals surface area contributed by atoms with Gasteiger partial charge < -0.3 is 10.1 Å². The normalized spacial score (nSPS) is 16.2. The Morgan fingerprint density at radius 1 is 1.42 bits per heavy atom. The zero-order chi connectivity index (χ0) is 18.8. The molecular formula is C19H25N3O3S. The monoisotopic (exact) mass is 375 g/mol. The van der Waals surface area contributed by atoms with Gasteiger partial charge in [0.1, 0.15) is 5.00 Å². The van der Waals surface area contributed by atoms with Crippen molar-refractivity contribution in [3.05, 3.63) is 33.5 Å². The fourth-order valence-electron chi connectivity index (χ4n) is 3.37. The highest BCUT2D eigenvalue weighted by atomic mass is 32.1. The third kappa shape index (κ3) is 3.53. The summed E-state index contributed by atoms with van der Waals surface area (Å²) in [5.41, 5.74) is 2.86. The summed E-state index contributed by atoms with van der Waals surface area (Å²) in [7, 11) is 0. The minimum absolute atomic E-state index is 0.294. The lowest BCUT2D eigenvalue weighted by molar-refractivity contribution is 0.0526. The number of rotatable bonds is 5. The number of aromatic nitrogens is 2. The lowest BCUT2D eigenvalue weighted by atomic mass is 9.88. The van der Waals surface area contributed by atoms with E-state index in [1.165, 1.54) is 16.2 Å². The van der Waals surface area contributed by atoms with Crippen LogP contribution in [0.15, 0.2) is 6.07 Å². The van der Waals surface area contributed by atoms with Gasteiger partial charge in [0.2, 0.25) is 0 Å². The van der Waals surface area contributed by atoms with Crippen molar-refractivity contribution < 1.29 is 14.3 Å². The average molecular weight is 375 g/mol. The van der Waals surface area contributed by atoms with Crippen LogP contribution in [0.25, 0.3) is 0 Å². The van der Waals surface area contributed by atoms with Gasteiger partial charge in [-0.3, -0.25) is 9.48 Å². The fourth-order valence-corrected chi connectivity index (χ4v) is 4.76. The molecule has 0 fully saturated rings. The Labute approximate surface area is 157 Å². The molecular weight excluding hydrogens is 350 g/mol. The minimum atomic E-state index is -0.356. The summed E-state index contributed by atoms with van der Waals surface area (Å²) in [4.78, 5) is 26.4. The van der Waals surface area contributed by atoms with Crippen LogP contribution in [0.2, 0.25) is 0 Å². The van der Waals surface area contributed by atoms with E-state index in [2.05, 4.69) is 17.3 Å². The molecule has 0 radical (unpaired) electrons. The maximum Gasteiger partial charge on any atom is 0.341 e. The maximum atomic E-state index is 12.7. The molecule has 140 valence electrons. The first kappa shape index (κ1) is 18.6. The Bertz CT molecular complexity index is 837. The van der Waals surface area contributed by atoms with E-state index in [0.29, 0.717) is 35.3 Å². The first-order valence-corrected chi connectivity index (χ1v) is 9.93. The van der Waals surface area contributed by atoms with E-state index in [-0.39, 0.29) is 11.9 Å². The van der Waals surface area contributed by atoms with Crippen molar-refractivity contribution >= 4 is 28.2 Å². The largest absolute Gasteiger partial charge is 0.462 e. The second kappa shape index (κ2) is 7.61. The molecule has 1 N–H and O–H groups in total. The molecule has 7 heteroatoms. The molecule has 0 aliphatic heterocycles. The number of nitrogens with one attached hydrogen (secondary N) is 1. The van der Waals surface area contributed by atoms with Gasteiger partial charge in [-0.05, 0) is 57.6 Å². The Balaban J connectivity index is 1.93. The predicted molar refractivity (Wildman–Crippen MR) is 102 cm³/mol. The van der Waals surface area contributed by atoms with Crippen LogP contribution in [-0.2, 0) is 24.1 Å². The van der Waals surface area contributed by atoms with Crippen LogP contribution in [-0.4, -0.2) is 28.3 Å². The Kier molecular flexibility index (Phi) is 5.46. The van der Waals surface area contributed by atoms with Crippen LogP contribution >= 0.6 is 11.3 Å². The third-order valence-corrected chi connectivity index (χ3v) is 5.90. The minimum Gasteiger partial charge on any atom is -0.462 e. The molecule has 3 rings (SSSR count). The van der Waals surface area contributed by atoms with Crippen molar-refractivity contribution in [3.8, 4) is 0 Å². The van der Waals surface area contributed by atoms with Crippen LogP contribution < -0.4 is 5.32 Å². The van der Waals surface area contributed by atoms with Gasteiger partial charge in [-0.15, -0.1) is 11.3 Å². The molecule has 26 heavy (non-hydrogen) atoms. The summed E-state index contributed by atoms with van der Waals surface area (Å²) in [5, 5.41) is 7.81. The van der Waals surface area contributed by atoms with Crippen molar-refractivity contribution in [2.75, 3.05) is 11.9 Å². The highest BCUT2D eigenvalue weighted by Crippen LogP contribution is 2.40. The summed E-state index contributed by atoms with van der Waals surface area (Å²) < 4.78 is 7.02. The third-order valence-electron chi connectivity index (χ3n) is 4.73. The number of carbonyl (C=O) groups is 2. The Hall–Kier alpha value is -2.15. The van der Waals surface area contributed by atoms with E-state index < -0.39 is 0 Å². The predicted octanol–water partition coefficient (Wildman–Crippen LogP) is 3.83. The molecule has 2 aromatic heterocycles. The highest BCUT2D eigenvalue weighted by molar-refractivity contribution is 7.17. The summed E-state index contributed by atoms with van der Waals surface area (Å²) in [6, 6.07) is 1.76. The summed E-state index contributed by atoms with van der Waals surface area (Å²) in [6.07, 6.45) is 2.83. The molecule has 0 saturated heterocycles. The van der Waals surface area contributed by atoms with Crippen LogP contribution in [0.4, 0.5) is 5.00 Å². The molecule has 1 unspecified atom stereocenters. The number of aryl methyl sites for hydroxylation is 2. The number of anilines is 1. The van der Waals surface area contributed by atoms with Gasteiger partial charge in [0.05, 0.1) is 12.2 Å². The van der Waals surface area contributed by atoms with Crippen LogP contribution in [0.3, 0.4) is 0 Å². The number of esters is 1. The zero-order valence-corrected chi connectivity index (χ0v) is 16.5. The highest BCUT2D eigenvalue weighted by Gasteiger charge is 2.29. The molecule has 2 heterocycles. The van der Waals surface area contributed by atoms with Gasteiger partial charge in [-0.2, -0.15) is 5.10 Å². The van der Waals surface area contributed by atoms with E-state index >= 15 is 0 Å². The van der Waals surface area contributed by atoms with Gasteiger partial charge in [0, 0.05) is 17.1 Å². The van der Waals surface area contributed by atoms with Gasteiger partial charge in [0.15, 0.2) is 5.69 Å². The topological polar surface area (TPSA) is 73.2 Å². The summed E-state index contributed by atoms with van der Waals surface area (Å²) in [6.45, 7) is 8.92. The summed E-state index contributed by atoms with van der Waals surface area (Å²) in [5.74, 6) is -0.0646. The first-order valence-electron chi connectivity index (χ1n) is 9.12. The maximum absolute atomic E-state index is 12.7. The quantitative estimate of drug-likeness (QED) is 0.806. The Morgan fingerprint density at radius 3 is 2.85 bits per heavy atom. The smallest absolute Gasteiger partial charge is 0.341 e. The van der Waals surface area contributed by atoms with Crippen molar-refractivity contribution in [1.82, 2.24) is 9.78 Å². The molecule has 0 bridgehead atoms. The molecule has 1 aliphatic rings. The number of carbonyl (C=O) groups excluding carboxylic acids is 2.